The third-order valence-corrected chi connectivity index (χ3v) is 5.49. The number of hydrogen-bond acceptors (Lipinski definition) is 4. The third kappa shape index (κ3) is 1.52. The predicted molar refractivity (Wildman–Crippen MR) is 76.9 cm³/mol. The molecule has 2 aromatic rings. The van der Waals surface area contributed by atoms with Gasteiger partial charge in [0.05, 0.1) is 27.8 Å². The fourth-order valence-corrected chi connectivity index (χ4v) is 4.55. The zero-order chi connectivity index (χ0) is 12.1. The number of nitrogen functional groups attached to an aromatic ring is 1. The van der Waals surface area contributed by atoms with E-state index in [1.807, 2.05) is 0 Å². The van der Waals surface area contributed by atoms with E-state index in [2.05, 4.69) is 21.7 Å². The van der Waals surface area contributed by atoms with Gasteiger partial charge in [0.15, 0.2) is 0 Å². The molecule has 2 saturated carbocycles. The molecule has 2 aliphatic rings. The summed E-state index contributed by atoms with van der Waals surface area (Å²) in [6.45, 7) is 0. The summed E-state index contributed by atoms with van der Waals surface area (Å²) < 4.78 is 1.21. The first-order valence-corrected chi connectivity index (χ1v) is 7.57. The van der Waals surface area contributed by atoms with Crippen molar-refractivity contribution < 1.29 is 0 Å². The van der Waals surface area contributed by atoms with Gasteiger partial charge < -0.3 is 11.1 Å². The topological polar surface area (TPSA) is 50.9 Å². The number of nitrogens with one attached hydrogen (secondary N) is 1. The number of pyridine rings is 1. The van der Waals surface area contributed by atoms with Crippen LogP contribution in [0.25, 0.3) is 10.2 Å². The lowest BCUT2D eigenvalue weighted by atomic mass is 9.95. The lowest BCUT2D eigenvalue weighted by Crippen LogP contribution is -2.26. The highest BCUT2D eigenvalue weighted by Gasteiger charge is 2.39. The monoisotopic (exact) mass is 259 g/mol. The maximum absolute atomic E-state index is 6.10. The molecule has 4 rings (SSSR count). The van der Waals surface area contributed by atoms with Gasteiger partial charge in [-0.25, -0.2) is 0 Å². The molecule has 0 spiro atoms. The van der Waals surface area contributed by atoms with Gasteiger partial charge in [-0.3, -0.25) is 4.98 Å². The van der Waals surface area contributed by atoms with Crippen LogP contribution in [0.1, 0.15) is 25.7 Å². The Hall–Kier alpha value is -1.29. The summed E-state index contributed by atoms with van der Waals surface area (Å²) in [5, 5.41) is 5.80. The van der Waals surface area contributed by atoms with Crippen LogP contribution in [0, 0.1) is 11.8 Å². The second-order valence-corrected chi connectivity index (χ2v) is 6.57. The number of aromatic nitrogens is 1. The van der Waals surface area contributed by atoms with E-state index >= 15 is 0 Å². The van der Waals surface area contributed by atoms with Crippen LogP contribution >= 0.6 is 11.3 Å². The van der Waals surface area contributed by atoms with E-state index in [0.29, 0.717) is 6.04 Å². The van der Waals surface area contributed by atoms with E-state index in [-0.39, 0.29) is 0 Å². The molecule has 3 N–H and O–H groups in total. The van der Waals surface area contributed by atoms with E-state index in [4.69, 9.17) is 5.73 Å². The van der Waals surface area contributed by atoms with Crippen molar-refractivity contribution in [2.75, 3.05) is 11.1 Å². The molecule has 3 nitrogen and oxygen atoms in total. The maximum atomic E-state index is 6.10. The first-order chi connectivity index (χ1) is 8.81. The van der Waals surface area contributed by atoms with Crippen LogP contribution < -0.4 is 11.1 Å². The molecule has 0 amide bonds. The average Bonchev–Trinajstić information content (AvgIpc) is 3.07. The van der Waals surface area contributed by atoms with Gasteiger partial charge in [-0.2, -0.15) is 0 Å². The summed E-state index contributed by atoms with van der Waals surface area (Å²) in [6.07, 6.45) is 7.34. The Balaban J connectivity index is 1.70. The molecule has 2 unspecified atom stereocenters. The number of anilines is 2. The molecule has 2 aliphatic carbocycles. The number of nitrogens with zero attached hydrogens (tertiary/aromatic N) is 1. The van der Waals surface area contributed by atoms with Gasteiger partial charge in [0, 0.05) is 6.04 Å². The van der Waals surface area contributed by atoms with E-state index in [1.54, 1.807) is 17.5 Å². The molecule has 2 heterocycles. The van der Waals surface area contributed by atoms with Crippen molar-refractivity contribution in [3.8, 4) is 0 Å². The minimum absolute atomic E-state index is 0.624. The Kier molecular flexibility index (Phi) is 2.27. The summed E-state index contributed by atoms with van der Waals surface area (Å²) >= 11 is 1.73. The Labute approximate surface area is 110 Å². The van der Waals surface area contributed by atoms with Crippen molar-refractivity contribution in [1.82, 2.24) is 4.98 Å². The van der Waals surface area contributed by atoms with Crippen molar-refractivity contribution in [2.24, 2.45) is 11.8 Å². The van der Waals surface area contributed by atoms with Gasteiger partial charge in [-0.1, -0.05) is 6.42 Å². The Morgan fingerprint density at radius 2 is 2.28 bits per heavy atom. The van der Waals surface area contributed by atoms with Gasteiger partial charge in [-0.15, -0.1) is 11.3 Å². The van der Waals surface area contributed by atoms with Crippen LogP contribution in [-0.4, -0.2) is 11.0 Å². The SMILES string of the molecule is Nc1cnc2ccsc2c1N[C@H]1CC2CCC1C2. The molecule has 0 aromatic carbocycles. The van der Waals surface area contributed by atoms with E-state index in [1.165, 1.54) is 30.4 Å². The molecule has 4 heteroatoms. The zero-order valence-corrected chi connectivity index (χ0v) is 11.0. The van der Waals surface area contributed by atoms with Crippen LogP contribution in [0.3, 0.4) is 0 Å². The van der Waals surface area contributed by atoms with Gasteiger partial charge in [0.2, 0.25) is 0 Å². The molecule has 0 saturated heterocycles. The number of fused-ring (bicyclic) bond motifs is 3. The van der Waals surface area contributed by atoms with Gasteiger partial charge in [0.1, 0.15) is 0 Å². The summed E-state index contributed by atoms with van der Waals surface area (Å²) in [5.74, 6) is 1.81. The maximum Gasteiger partial charge on any atom is 0.0832 e. The fourth-order valence-electron chi connectivity index (χ4n) is 3.68. The lowest BCUT2D eigenvalue weighted by Gasteiger charge is -2.25. The third-order valence-electron chi connectivity index (χ3n) is 4.57. The summed E-state index contributed by atoms with van der Waals surface area (Å²) in [7, 11) is 0. The quantitative estimate of drug-likeness (QED) is 0.868. The number of thiophene rings is 1. The second-order valence-electron chi connectivity index (χ2n) is 5.65. The molecule has 2 fully saturated rings. The highest BCUT2D eigenvalue weighted by molar-refractivity contribution is 7.17. The minimum Gasteiger partial charge on any atom is -0.396 e. The van der Waals surface area contributed by atoms with E-state index < -0.39 is 0 Å². The fraction of sp³-hybridized carbons (Fsp3) is 0.500. The zero-order valence-electron chi connectivity index (χ0n) is 10.2. The van der Waals surface area contributed by atoms with Crippen LogP contribution in [-0.2, 0) is 0 Å². The normalized spacial score (nSPS) is 30.1. The highest BCUT2D eigenvalue weighted by atomic mass is 32.1. The van der Waals surface area contributed by atoms with Crippen molar-refractivity contribution in [2.45, 2.75) is 31.7 Å². The highest BCUT2D eigenvalue weighted by Crippen LogP contribution is 2.46. The summed E-state index contributed by atoms with van der Waals surface area (Å²) in [6, 6.07) is 2.68. The summed E-state index contributed by atoms with van der Waals surface area (Å²) in [4.78, 5) is 4.37. The molecule has 0 radical (unpaired) electrons. The Morgan fingerprint density at radius 1 is 1.33 bits per heavy atom. The van der Waals surface area contributed by atoms with Crippen LogP contribution in [0.2, 0.25) is 0 Å². The molecule has 94 valence electrons. The second kappa shape index (κ2) is 3.85. The molecular formula is C14H17N3S. The molecule has 2 aromatic heterocycles. The van der Waals surface area contributed by atoms with E-state index in [9.17, 15) is 0 Å². The van der Waals surface area contributed by atoms with Crippen molar-refractivity contribution >= 4 is 32.9 Å². The average molecular weight is 259 g/mol. The van der Waals surface area contributed by atoms with Crippen LogP contribution in [0.5, 0.6) is 0 Å². The Bertz CT molecular complexity index is 592. The van der Waals surface area contributed by atoms with E-state index in [0.717, 1.165) is 28.7 Å². The van der Waals surface area contributed by atoms with Crippen LogP contribution in [0.4, 0.5) is 11.4 Å². The molecule has 18 heavy (non-hydrogen) atoms. The number of rotatable bonds is 2. The van der Waals surface area contributed by atoms with Crippen molar-refractivity contribution in [1.29, 1.82) is 0 Å². The van der Waals surface area contributed by atoms with Crippen molar-refractivity contribution in [3.63, 3.8) is 0 Å². The molecule has 2 bridgehead atoms. The first kappa shape index (κ1) is 10.6. The number of nitrogens with two attached hydrogens (primary N) is 1. The minimum atomic E-state index is 0.624. The first-order valence-electron chi connectivity index (χ1n) is 6.69. The van der Waals surface area contributed by atoms with Crippen molar-refractivity contribution in [3.05, 3.63) is 17.6 Å². The van der Waals surface area contributed by atoms with Gasteiger partial charge in [0.25, 0.3) is 0 Å². The standard InChI is InChI=1S/C14H17N3S/c15-10-7-16-11-3-4-18-14(11)13(10)17-12-6-8-1-2-9(12)5-8/h3-4,7-9,12H,1-2,5-6,15H2,(H,16,17)/t8?,9?,12-/m0/s1. The molecule has 0 aliphatic heterocycles. The smallest absolute Gasteiger partial charge is 0.0832 e. The lowest BCUT2D eigenvalue weighted by molar-refractivity contribution is 0.440. The molecule has 3 atom stereocenters. The number of hydrogen-bond donors (Lipinski definition) is 2. The molecular weight excluding hydrogens is 242 g/mol. The largest absolute Gasteiger partial charge is 0.396 e. The van der Waals surface area contributed by atoms with Gasteiger partial charge >= 0.3 is 0 Å². The van der Waals surface area contributed by atoms with Crippen LogP contribution in [0.15, 0.2) is 17.6 Å². The Morgan fingerprint density at radius 3 is 3.06 bits per heavy atom. The predicted octanol–water partition coefficient (Wildman–Crippen LogP) is 3.48. The summed E-state index contributed by atoms with van der Waals surface area (Å²) in [5.41, 5.74) is 9.06. The van der Waals surface area contributed by atoms with Gasteiger partial charge in [-0.05, 0) is 42.5 Å².